The number of carbonyl (C=O) groups is 1. The highest BCUT2D eigenvalue weighted by Crippen LogP contribution is 2.32. The second-order valence-corrected chi connectivity index (χ2v) is 9.79. The Morgan fingerprint density at radius 2 is 2.00 bits per heavy atom. The maximum absolute atomic E-state index is 13.3. The van der Waals surface area contributed by atoms with Crippen molar-refractivity contribution >= 4 is 28.3 Å². The van der Waals surface area contributed by atoms with Gasteiger partial charge in [-0.3, -0.25) is 4.79 Å². The maximum Gasteiger partial charge on any atom is 0.252 e. The third-order valence-electron chi connectivity index (χ3n) is 5.41. The Morgan fingerprint density at radius 1 is 1.18 bits per heavy atom. The lowest BCUT2D eigenvalue weighted by Gasteiger charge is -2.11. The highest BCUT2D eigenvalue weighted by Gasteiger charge is 2.20. The van der Waals surface area contributed by atoms with E-state index in [0.717, 1.165) is 22.2 Å². The number of aryl methyl sites for hydroxylation is 2. The molecule has 0 unspecified atom stereocenters. The van der Waals surface area contributed by atoms with Gasteiger partial charge in [-0.05, 0) is 45.4 Å². The van der Waals surface area contributed by atoms with Crippen molar-refractivity contribution in [3.8, 4) is 17.1 Å². The molecule has 0 atom stereocenters. The zero-order chi connectivity index (χ0) is 24.2. The highest BCUT2D eigenvalue weighted by molar-refractivity contribution is 7.12. The van der Waals surface area contributed by atoms with E-state index < -0.39 is 0 Å². The van der Waals surface area contributed by atoms with Crippen molar-refractivity contribution in [3.05, 3.63) is 57.5 Å². The molecule has 0 aliphatic rings. The molecule has 34 heavy (non-hydrogen) atoms. The zero-order valence-corrected chi connectivity index (χ0v) is 20.9. The molecule has 4 heterocycles. The lowest BCUT2D eigenvalue weighted by atomic mass is 10.1. The van der Waals surface area contributed by atoms with Gasteiger partial charge in [-0.25, -0.2) is 14.6 Å². The van der Waals surface area contributed by atoms with Gasteiger partial charge in [-0.2, -0.15) is 5.10 Å². The summed E-state index contributed by atoms with van der Waals surface area (Å²) in [6.07, 6.45) is 3.42. The van der Waals surface area contributed by atoms with Crippen molar-refractivity contribution in [1.29, 1.82) is 0 Å². The van der Waals surface area contributed by atoms with Crippen LogP contribution in [-0.4, -0.2) is 46.0 Å². The second kappa shape index (κ2) is 10.3. The quantitative estimate of drug-likeness (QED) is 0.350. The van der Waals surface area contributed by atoms with Gasteiger partial charge in [-0.1, -0.05) is 6.07 Å². The summed E-state index contributed by atoms with van der Waals surface area (Å²) in [5.74, 6) is 0.345. The van der Waals surface area contributed by atoms with E-state index in [1.807, 2.05) is 16.8 Å². The van der Waals surface area contributed by atoms with Gasteiger partial charge in [0.25, 0.3) is 5.91 Å². The first-order valence-corrected chi connectivity index (χ1v) is 12.0. The average molecular weight is 480 g/mol. The van der Waals surface area contributed by atoms with E-state index in [4.69, 9.17) is 14.5 Å². The van der Waals surface area contributed by atoms with Crippen molar-refractivity contribution in [2.75, 3.05) is 20.3 Å². The largest absolute Gasteiger partial charge is 0.475 e. The highest BCUT2D eigenvalue weighted by atomic mass is 32.1. The van der Waals surface area contributed by atoms with Crippen LogP contribution in [0.3, 0.4) is 0 Å². The Labute approximate surface area is 203 Å². The van der Waals surface area contributed by atoms with E-state index in [1.165, 1.54) is 9.75 Å². The van der Waals surface area contributed by atoms with Gasteiger partial charge >= 0.3 is 0 Å². The van der Waals surface area contributed by atoms with Crippen LogP contribution in [0.15, 0.2) is 36.7 Å². The maximum atomic E-state index is 13.3. The van der Waals surface area contributed by atoms with E-state index in [9.17, 15) is 4.79 Å². The van der Waals surface area contributed by atoms with Crippen LogP contribution in [0.5, 0.6) is 5.88 Å². The van der Waals surface area contributed by atoms with Crippen LogP contribution in [0, 0.1) is 13.8 Å². The molecule has 0 saturated heterocycles. The molecular weight excluding hydrogens is 450 g/mol. The van der Waals surface area contributed by atoms with Gasteiger partial charge in [0.15, 0.2) is 5.65 Å². The van der Waals surface area contributed by atoms with Gasteiger partial charge in [0.1, 0.15) is 6.61 Å². The van der Waals surface area contributed by atoms with Crippen molar-refractivity contribution in [2.45, 2.75) is 40.3 Å². The fraction of sp³-hybridized carbons (Fsp3) is 0.360. The first kappa shape index (κ1) is 23.8. The van der Waals surface area contributed by atoms with E-state index in [0.29, 0.717) is 36.8 Å². The van der Waals surface area contributed by atoms with E-state index in [-0.39, 0.29) is 11.9 Å². The topological polar surface area (TPSA) is 91.2 Å². The number of thiophene rings is 1. The molecule has 4 rings (SSSR count). The summed E-state index contributed by atoms with van der Waals surface area (Å²) in [5, 5.41) is 8.25. The molecule has 0 aliphatic heterocycles. The van der Waals surface area contributed by atoms with E-state index in [2.05, 4.69) is 49.2 Å². The number of ether oxygens (including phenoxy) is 2. The smallest absolute Gasteiger partial charge is 0.252 e. The predicted octanol–water partition coefficient (Wildman–Crippen LogP) is 4.71. The molecule has 1 amide bonds. The minimum atomic E-state index is -0.179. The first-order valence-electron chi connectivity index (χ1n) is 11.2. The lowest BCUT2D eigenvalue weighted by Crippen LogP contribution is -2.23. The van der Waals surface area contributed by atoms with Crippen LogP contribution in [0.2, 0.25) is 0 Å². The normalized spacial score (nSPS) is 11.4. The summed E-state index contributed by atoms with van der Waals surface area (Å²) < 4.78 is 12.3. The Bertz CT molecular complexity index is 1290. The molecule has 0 fully saturated rings. The molecule has 0 bridgehead atoms. The molecule has 0 radical (unpaired) electrons. The number of aromatic nitrogens is 4. The van der Waals surface area contributed by atoms with Crippen LogP contribution in [0.4, 0.5) is 0 Å². The van der Waals surface area contributed by atoms with Gasteiger partial charge < -0.3 is 14.8 Å². The number of fused-ring (bicyclic) bond motifs is 1. The SMILES string of the molecule is COCCOc1ccc(CNC(=O)c2cc(-c3cc(C)sc3C)nc3c2cnn3C(C)C)cn1. The molecular formula is C25H29N5O3S. The molecule has 9 heteroatoms. The van der Waals surface area contributed by atoms with Crippen LogP contribution in [0.1, 0.15) is 45.6 Å². The molecule has 0 aliphatic carbocycles. The number of nitrogens with one attached hydrogen (secondary N) is 1. The molecule has 0 aromatic carbocycles. The fourth-order valence-corrected chi connectivity index (χ4v) is 4.65. The molecule has 8 nitrogen and oxygen atoms in total. The van der Waals surface area contributed by atoms with Gasteiger partial charge in [0.05, 0.1) is 29.4 Å². The minimum absolute atomic E-state index is 0.122. The summed E-state index contributed by atoms with van der Waals surface area (Å²) in [4.78, 5) is 24.9. The van der Waals surface area contributed by atoms with Crippen LogP contribution in [-0.2, 0) is 11.3 Å². The molecule has 4 aromatic heterocycles. The molecule has 0 saturated carbocycles. The summed E-state index contributed by atoms with van der Waals surface area (Å²) in [6.45, 7) is 9.54. The van der Waals surface area contributed by atoms with E-state index in [1.54, 1.807) is 36.9 Å². The number of nitrogens with zero attached hydrogens (tertiary/aromatic N) is 4. The Hall–Kier alpha value is -3.30. The molecule has 1 N–H and O–H groups in total. The fourth-order valence-electron chi connectivity index (χ4n) is 3.71. The Morgan fingerprint density at radius 3 is 2.65 bits per heavy atom. The number of carbonyl (C=O) groups excluding carboxylic acids is 1. The van der Waals surface area contributed by atoms with Crippen molar-refractivity contribution in [3.63, 3.8) is 0 Å². The lowest BCUT2D eigenvalue weighted by molar-refractivity contribution is 0.0952. The average Bonchev–Trinajstić information content (AvgIpc) is 3.40. The summed E-state index contributed by atoms with van der Waals surface area (Å²) in [7, 11) is 1.62. The standard InChI is InChI=1S/C25H29N5O3S/c1-15(2)30-24-21(14-28-30)20(11-22(29-24)19-10-16(3)34-17(19)4)25(31)27-13-18-6-7-23(26-12-18)33-9-8-32-5/h6-7,10-12,14-15H,8-9,13H2,1-5H3,(H,27,31). The third-order valence-corrected chi connectivity index (χ3v) is 6.37. The third kappa shape index (κ3) is 5.10. The van der Waals surface area contributed by atoms with Crippen molar-refractivity contribution in [2.24, 2.45) is 0 Å². The van der Waals surface area contributed by atoms with Gasteiger partial charge in [0, 0.05) is 47.3 Å². The molecule has 178 valence electrons. The number of hydrogen-bond acceptors (Lipinski definition) is 7. The predicted molar refractivity (Wildman–Crippen MR) is 133 cm³/mol. The zero-order valence-electron chi connectivity index (χ0n) is 20.1. The minimum Gasteiger partial charge on any atom is -0.475 e. The van der Waals surface area contributed by atoms with Gasteiger partial charge in [-0.15, -0.1) is 11.3 Å². The van der Waals surface area contributed by atoms with Crippen LogP contribution in [0.25, 0.3) is 22.3 Å². The number of rotatable bonds is 9. The van der Waals surface area contributed by atoms with Crippen LogP contribution >= 0.6 is 11.3 Å². The summed E-state index contributed by atoms with van der Waals surface area (Å²) in [6, 6.07) is 7.78. The monoisotopic (exact) mass is 479 g/mol. The summed E-state index contributed by atoms with van der Waals surface area (Å²) >= 11 is 1.72. The number of amides is 1. The van der Waals surface area contributed by atoms with Crippen molar-refractivity contribution in [1.82, 2.24) is 25.1 Å². The molecule has 0 spiro atoms. The Balaban J connectivity index is 1.60. The summed E-state index contributed by atoms with van der Waals surface area (Å²) in [5.41, 5.74) is 3.97. The number of methoxy groups -OCH3 is 1. The Kier molecular flexibility index (Phi) is 7.23. The van der Waals surface area contributed by atoms with Crippen molar-refractivity contribution < 1.29 is 14.3 Å². The van der Waals surface area contributed by atoms with Crippen LogP contribution < -0.4 is 10.1 Å². The van der Waals surface area contributed by atoms with Gasteiger partial charge in [0.2, 0.25) is 5.88 Å². The molecule has 4 aromatic rings. The number of hydrogen-bond donors (Lipinski definition) is 1. The number of pyridine rings is 2. The first-order chi connectivity index (χ1) is 16.4. The second-order valence-electron chi connectivity index (χ2n) is 8.33. The van der Waals surface area contributed by atoms with E-state index >= 15 is 0 Å².